The van der Waals surface area contributed by atoms with Crippen molar-refractivity contribution in [2.45, 2.75) is 20.3 Å². The number of rotatable bonds is 8. The summed E-state index contributed by atoms with van der Waals surface area (Å²) in [7, 11) is 1.57. The molecule has 0 fully saturated rings. The molecule has 0 aliphatic carbocycles. The van der Waals surface area contributed by atoms with Crippen LogP contribution in [-0.2, 0) is 14.3 Å². The molecule has 132 valence electrons. The number of carbonyl (C=O) groups is 1. The highest BCUT2D eigenvalue weighted by atomic mass is 16.7. The van der Waals surface area contributed by atoms with Crippen LogP contribution in [0.2, 0.25) is 0 Å². The van der Waals surface area contributed by atoms with Gasteiger partial charge in [-0.1, -0.05) is 49.4 Å². The zero-order chi connectivity index (χ0) is 18.1. The molecule has 25 heavy (non-hydrogen) atoms. The number of hydrogen-bond acceptors (Lipinski definition) is 4. The first-order chi connectivity index (χ1) is 12.2. The third-order valence-corrected chi connectivity index (χ3v) is 3.72. The van der Waals surface area contributed by atoms with E-state index >= 15 is 0 Å². The molecular formula is C21H24O4. The van der Waals surface area contributed by atoms with E-state index in [9.17, 15) is 4.79 Å². The van der Waals surface area contributed by atoms with Crippen LogP contribution in [0.4, 0.5) is 0 Å². The number of benzene rings is 2. The van der Waals surface area contributed by atoms with Crippen LogP contribution in [-0.4, -0.2) is 26.5 Å². The van der Waals surface area contributed by atoms with E-state index < -0.39 is 0 Å². The summed E-state index contributed by atoms with van der Waals surface area (Å²) >= 11 is 0. The fraction of sp³-hybridized carbons (Fsp3) is 0.286. The van der Waals surface area contributed by atoms with Crippen LogP contribution in [0, 0.1) is 0 Å². The summed E-state index contributed by atoms with van der Waals surface area (Å²) in [6.07, 6.45) is 0.710. The maximum Gasteiger partial charge on any atom is 0.339 e. The minimum atomic E-state index is -0.327. The van der Waals surface area contributed by atoms with Gasteiger partial charge in [0.1, 0.15) is 5.75 Å². The minimum absolute atomic E-state index is 0.154. The van der Waals surface area contributed by atoms with Crippen molar-refractivity contribution in [3.8, 4) is 5.75 Å². The van der Waals surface area contributed by atoms with Gasteiger partial charge in [-0.25, -0.2) is 4.79 Å². The molecular weight excluding hydrogens is 316 g/mol. The largest absolute Gasteiger partial charge is 0.468 e. The normalized spacial score (nSPS) is 11.6. The van der Waals surface area contributed by atoms with E-state index in [1.54, 1.807) is 7.11 Å². The van der Waals surface area contributed by atoms with Crippen molar-refractivity contribution in [1.82, 2.24) is 0 Å². The lowest BCUT2D eigenvalue weighted by molar-refractivity contribution is -0.136. The van der Waals surface area contributed by atoms with Gasteiger partial charge in [-0.3, -0.25) is 0 Å². The van der Waals surface area contributed by atoms with Crippen molar-refractivity contribution in [1.29, 1.82) is 0 Å². The van der Waals surface area contributed by atoms with Gasteiger partial charge in [0.15, 0.2) is 6.79 Å². The number of hydrogen-bond donors (Lipinski definition) is 0. The smallest absolute Gasteiger partial charge is 0.339 e. The second kappa shape index (κ2) is 9.64. The van der Waals surface area contributed by atoms with E-state index in [0.29, 0.717) is 24.4 Å². The molecule has 2 aromatic rings. The van der Waals surface area contributed by atoms with Crippen molar-refractivity contribution in [3.05, 3.63) is 65.7 Å². The molecule has 0 N–H and O–H groups in total. The maximum absolute atomic E-state index is 12.7. The third kappa shape index (κ3) is 4.94. The van der Waals surface area contributed by atoms with Crippen molar-refractivity contribution >= 4 is 17.1 Å². The molecule has 0 aliphatic rings. The molecule has 0 saturated heterocycles. The predicted octanol–water partition coefficient (Wildman–Crippen LogP) is 4.55. The zero-order valence-electron chi connectivity index (χ0n) is 15.0. The Morgan fingerprint density at radius 2 is 1.68 bits per heavy atom. The van der Waals surface area contributed by atoms with E-state index in [-0.39, 0.29) is 12.8 Å². The summed E-state index contributed by atoms with van der Waals surface area (Å²) in [4.78, 5) is 12.7. The van der Waals surface area contributed by atoms with Crippen molar-refractivity contribution < 1.29 is 19.0 Å². The fourth-order valence-electron chi connectivity index (χ4n) is 2.65. The van der Waals surface area contributed by atoms with Crippen molar-refractivity contribution in [2.75, 3.05) is 20.5 Å². The molecule has 0 radical (unpaired) electrons. The van der Waals surface area contributed by atoms with E-state index in [1.165, 1.54) is 0 Å². The maximum atomic E-state index is 12.7. The van der Waals surface area contributed by atoms with Crippen LogP contribution < -0.4 is 4.74 Å². The first-order valence-electron chi connectivity index (χ1n) is 8.39. The molecule has 0 bridgehead atoms. The van der Waals surface area contributed by atoms with E-state index in [1.807, 2.05) is 68.4 Å². The third-order valence-electron chi connectivity index (χ3n) is 3.72. The molecule has 4 nitrogen and oxygen atoms in total. The Bertz CT molecular complexity index is 720. The van der Waals surface area contributed by atoms with Gasteiger partial charge < -0.3 is 14.2 Å². The van der Waals surface area contributed by atoms with Gasteiger partial charge in [-0.15, -0.1) is 0 Å². The molecule has 0 unspecified atom stereocenters. The number of methoxy groups -OCH3 is 1. The highest BCUT2D eigenvalue weighted by Crippen LogP contribution is 2.31. The van der Waals surface area contributed by atoms with Crippen LogP contribution in [0.5, 0.6) is 5.75 Å². The Balaban J connectivity index is 2.56. The molecule has 2 aromatic carbocycles. The van der Waals surface area contributed by atoms with Crippen LogP contribution >= 0.6 is 0 Å². The topological polar surface area (TPSA) is 44.8 Å². The van der Waals surface area contributed by atoms with E-state index in [4.69, 9.17) is 14.2 Å². The van der Waals surface area contributed by atoms with Gasteiger partial charge >= 0.3 is 5.97 Å². The average molecular weight is 340 g/mol. The number of carbonyl (C=O) groups excluding carboxylic acids is 1. The lowest BCUT2D eigenvalue weighted by Crippen LogP contribution is -2.10. The number of ether oxygens (including phenoxy) is 3. The lowest BCUT2D eigenvalue weighted by Gasteiger charge is -2.15. The highest BCUT2D eigenvalue weighted by Gasteiger charge is 2.19. The molecule has 0 aromatic heterocycles. The van der Waals surface area contributed by atoms with Gasteiger partial charge in [0.2, 0.25) is 0 Å². The summed E-state index contributed by atoms with van der Waals surface area (Å²) in [5.74, 6) is 0.316. The monoisotopic (exact) mass is 340 g/mol. The number of allylic oxidation sites excluding steroid dienone is 1. The van der Waals surface area contributed by atoms with E-state index in [2.05, 4.69) is 0 Å². The van der Waals surface area contributed by atoms with Crippen LogP contribution in [0.3, 0.4) is 0 Å². The second-order valence-electron chi connectivity index (χ2n) is 5.37. The minimum Gasteiger partial charge on any atom is -0.468 e. The summed E-state index contributed by atoms with van der Waals surface area (Å²) in [5.41, 5.74) is 3.30. The van der Waals surface area contributed by atoms with Crippen LogP contribution in [0.25, 0.3) is 11.1 Å². The molecule has 0 atom stereocenters. The Morgan fingerprint density at radius 1 is 0.960 bits per heavy atom. The standard InChI is InChI=1S/C21H24O4/c1-4-19(16-10-7-6-8-11-16)20(21(22)24-5-2)17-12-9-13-18(14-17)25-15-23-3/h6-14H,4-5,15H2,1-3H3/b20-19+. The molecule has 2 rings (SSSR count). The van der Waals surface area contributed by atoms with Crippen LogP contribution in [0.15, 0.2) is 54.6 Å². The van der Waals surface area contributed by atoms with Gasteiger partial charge in [-0.05, 0) is 42.2 Å². The molecule has 0 amide bonds. The van der Waals surface area contributed by atoms with E-state index in [0.717, 1.165) is 16.7 Å². The molecule has 0 aliphatic heterocycles. The summed E-state index contributed by atoms with van der Waals surface area (Å²) in [6, 6.07) is 17.3. The Hall–Kier alpha value is -2.59. The van der Waals surface area contributed by atoms with Crippen molar-refractivity contribution in [3.63, 3.8) is 0 Å². The molecule has 0 saturated carbocycles. The first-order valence-corrected chi connectivity index (χ1v) is 8.39. The molecule has 0 spiro atoms. The summed E-state index contributed by atoms with van der Waals surface area (Å²) in [5, 5.41) is 0. The van der Waals surface area contributed by atoms with Gasteiger partial charge in [-0.2, -0.15) is 0 Å². The molecule has 4 heteroatoms. The number of esters is 1. The predicted molar refractivity (Wildman–Crippen MR) is 99.1 cm³/mol. The second-order valence-corrected chi connectivity index (χ2v) is 5.37. The Labute approximate surface area is 149 Å². The SMILES string of the molecule is CCOC(=O)/C(=C(\CC)c1ccccc1)c1cccc(OCOC)c1. The van der Waals surface area contributed by atoms with Gasteiger partial charge in [0, 0.05) is 7.11 Å². The Kier molecular flexibility index (Phi) is 7.23. The average Bonchev–Trinajstić information content (AvgIpc) is 2.65. The zero-order valence-corrected chi connectivity index (χ0v) is 15.0. The highest BCUT2D eigenvalue weighted by molar-refractivity contribution is 6.24. The molecule has 0 heterocycles. The van der Waals surface area contributed by atoms with Crippen molar-refractivity contribution in [2.24, 2.45) is 0 Å². The van der Waals surface area contributed by atoms with Crippen LogP contribution in [0.1, 0.15) is 31.4 Å². The van der Waals surface area contributed by atoms with Gasteiger partial charge in [0.25, 0.3) is 0 Å². The summed E-state index contributed by atoms with van der Waals surface area (Å²) < 4.78 is 15.8. The van der Waals surface area contributed by atoms with Gasteiger partial charge in [0.05, 0.1) is 12.2 Å². The Morgan fingerprint density at radius 3 is 2.32 bits per heavy atom. The quantitative estimate of drug-likeness (QED) is 0.306. The lowest BCUT2D eigenvalue weighted by atomic mass is 9.93. The summed E-state index contributed by atoms with van der Waals surface area (Å²) in [6.45, 7) is 4.32. The fourth-order valence-corrected chi connectivity index (χ4v) is 2.65. The first kappa shape index (κ1) is 18.7.